The molecular formula is C10H12F2N2O3. The largest absolute Gasteiger partial charge is 0.385 e. The first-order chi connectivity index (χ1) is 8.07. The van der Waals surface area contributed by atoms with Gasteiger partial charge in [-0.3, -0.25) is 10.1 Å². The van der Waals surface area contributed by atoms with Gasteiger partial charge in [0.1, 0.15) is 0 Å². The van der Waals surface area contributed by atoms with Gasteiger partial charge in [-0.2, -0.15) is 0 Å². The summed E-state index contributed by atoms with van der Waals surface area (Å²) >= 11 is 0. The third-order valence-corrected chi connectivity index (χ3v) is 2.10. The minimum atomic E-state index is -1.24. The van der Waals surface area contributed by atoms with Gasteiger partial charge in [0, 0.05) is 26.3 Å². The standard InChI is InChI=1S/C10H12F2N2O3/c1-17-6-2-5-13-10-8(14(15)16)4-3-7(11)9(10)12/h3-4,13H,2,5-6H2,1H3. The van der Waals surface area contributed by atoms with Crippen LogP contribution in [-0.2, 0) is 4.74 Å². The molecule has 0 amide bonds. The van der Waals surface area contributed by atoms with Gasteiger partial charge in [-0.1, -0.05) is 0 Å². The number of methoxy groups -OCH3 is 1. The molecule has 94 valence electrons. The van der Waals surface area contributed by atoms with Crippen LogP contribution in [0, 0.1) is 21.7 Å². The molecule has 0 atom stereocenters. The van der Waals surface area contributed by atoms with Gasteiger partial charge in [0.05, 0.1) is 4.92 Å². The van der Waals surface area contributed by atoms with Crippen LogP contribution in [0.5, 0.6) is 0 Å². The molecule has 0 radical (unpaired) electrons. The number of nitro groups is 1. The molecule has 17 heavy (non-hydrogen) atoms. The molecule has 0 aliphatic heterocycles. The fraction of sp³-hybridized carbons (Fsp3) is 0.400. The molecule has 5 nitrogen and oxygen atoms in total. The minimum absolute atomic E-state index is 0.259. The predicted octanol–water partition coefficient (Wildman–Crippen LogP) is 2.32. The number of anilines is 1. The Kier molecular flexibility index (Phi) is 4.77. The van der Waals surface area contributed by atoms with Crippen molar-refractivity contribution in [2.24, 2.45) is 0 Å². The van der Waals surface area contributed by atoms with E-state index in [2.05, 4.69) is 5.32 Å². The van der Waals surface area contributed by atoms with Gasteiger partial charge in [-0.05, 0) is 12.5 Å². The van der Waals surface area contributed by atoms with E-state index in [4.69, 9.17) is 4.74 Å². The molecule has 0 heterocycles. The molecule has 1 aromatic rings. The number of hydrogen-bond acceptors (Lipinski definition) is 4. The molecule has 1 rings (SSSR count). The van der Waals surface area contributed by atoms with Crippen molar-refractivity contribution in [1.29, 1.82) is 0 Å². The van der Waals surface area contributed by atoms with E-state index in [1.54, 1.807) is 0 Å². The van der Waals surface area contributed by atoms with E-state index in [-0.39, 0.29) is 6.54 Å². The second-order valence-corrected chi connectivity index (χ2v) is 3.29. The van der Waals surface area contributed by atoms with Crippen molar-refractivity contribution in [3.8, 4) is 0 Å². The van der Waals surface area contributed by atoms with Crippen LogP contribution in [0.25, 0.3) is 0 Å². The van der Waals surface area contributed by atoms with Crippen LogP contribution in [0.3, 0.4) is 0 Å². The second-order valence-electron chi connectivity index (χ2n) is 3.29. The van der Waals surface area contributed by atoms with Crippen molar-refractivity contribution < 1.29 is 18.4 Å². The highest BCUT2D eigenvalue weighted by Gasteiger charge is 2.20. The summed E-state index contributed by atoms with van der Waals surface area (Å²) in [5.41, 5.74) is -0.910. The number of nitrogens with one attached hydrogen (secondary N) is 1. The third kappa shape index (κ3) is 3.35. The lowest BCUT2D eigenvalue weighted by Gasteiger charge is -2.08. The number of nitrogens with zero attached hydrogens (tertiary/aromatic N) is 1. The maximum atomic E-state index is 13.4. The Balaban J connectivity index is 2.86. The maximum absolute atomic E-state index is 13.4. The van der Waals surface area contributed by atoms with Crippen molar-refractivity contribution >= 4 is 11.4 Å². The smallest absolute Gasteiger partial charge is 0.295 e. The molecule has 1 aromatic carbocycles. The van der Waals surface area contributed by atoms with Gasteiger partial charge in [0.25, 0.3) is 5.69 Å². The van der Waals surface area contributed by atoms with E-state index in [9.17, 15) is 18.9 Å². The quantitative estimate of drug-likeness (QED) is 0.475. The van der Waals surface area contributed by atoms with E-state index in [0.29, 0.717) is 13.0 Å². The minimum Gasteiger partial charge on any atom is -0.385 e. The SMILES string of the molecule is COCCCNc1c([N+](=O)[O-])ccc(F)c1F. The van der Waals surface area contributed by atoms with E-state index in [1.165, 1.54) is 7.11 Å². The number of ether oxygens (including phenoxy) is 1. The second kappa shape index (κ2) is 6.09. The van der Waals surface area contributed by atoms with Gasteiger partial charge >= 0.3 is 0 Å². The van der Waals surface area contributed by atoms with Crippen molar-refractivity contribution in [2.45, 2.75) is 6.42 Å². The Bertz CT molecular complexity index is 413. The highest BCUT2D eigenvalue weighted by atomic mass is 19.2. The molecule has 7 heteroatoms. The number of rotatable bonds is 6. The van der Waals surface area contributed by atoms with Crippen LogP contribution >= 0.6 is 0 Å². The zero-order chi connectivity index (χ0) is 12.8. The van der Waals surface area contributed by atoms with E-state index >= 15 is 0 Å². The zero-order valence-electron chi connectivity index (χ0n) is 9.20. The Morgan fingerprint density at radius 2 is 2.18 bits per heavy atom. The zero-order valence-corrected chi connectivity index (χ0v) is 9.20. The summed E-state index contributed by atoms with van der Waals surface area (Å²) in [6.07, 6.45) is 0.531. The van der Waals surface area contributed by atoms with Gasteiger partial charge in [-0.25, -0.2) is 8.78 Å². The summed E-state index contributed by atoms with van der Waals surface area (Å²) in [5, 5.41) is 13.1. The Morgan fingerprint density at radius 1 is 1.47 bits per heavy atom. The normalized spacial score (nSPS) is 10.3. The van der Waals surface area contributed by atoms with Gasteiger partial charge in [-0.15, -0.1) is 0 Å². The number of halogens is 2. The first kappa shape index (κ1) is 13.3. The Labute approximate surface area is 96.5 Å². The molecule has 0 aliphatic carbocycles. The predicted molar refractivity (Wildman–Crippen MR) is 58.0 cm³/mol. The highest BCUT2D eigenvalue weighted by Crippen LogP contribution is 2.28. The van der Waals surface area contributed by atoms with Gasteiger partial charge in [0.2, 0.25) is 0 Å². The molecule has 0 saturated heterocycles. The fourth-order valence-corrected chi connectivity index (χ4v) is 1.29. The lowest BCUT2D eigenvalue weighted by molar-refractivity contribution is -0.384. The number of nitro benzene ring substituents is 1. The summed E-state index contributed by atoms with van der Waals surface area (Å²) < 4.78 is 31.1. The van der Waals surface area contributed by atoms with Gasteiger partial charge < -0.3 is 10.1 Å². The van der Waals surface area contributed by atoms with Crippen molar-refractivity contribution in [2.75, 3.05) is 25.6 Å². The van der Waals surface area contributed by atoms with Crippen molar-refractivity contribution in [1.82, 2.24) is 0 Å². The lowest BCUT2D eigenvalue weighted by atomic mass is 10.2. The van der Waals surface area contributed by atoms with Crippen LogP contribution in [-0.4, -0.2) is 25.2 Å². The molecule has 0 bridgehead atoms. The summed E-state index contributed by atoms with van der Waals surface area (Å²) in [6, 6.07) is 1.66. The molecule has 0 fully saturated rings. The molecule has 0 aromatic heterocycles. The molecule has 0 saturated carbocycles. The van der Waals surface area contributed by atoms with Crippen LogP contribution in [0.4, 0.5) is 20.2 Å². The number of hydrogen-bond donors (Lipinski definition) is 1. The highest BCUT2D eigenvalue weighted by molar-refractivity contribution is 5.62. The molecular weight excluding hydrogens is 234 g/mol. The van der Waals surface area contributed by atoms with Crippen LogP contribution in [0.15, 0.2) is 12.1 Å². The van der Waals surface area contributed by atoms with Crippen molar-refractivity contribution in [3.63, 3.8) is 0 Å². The summed E-state index contributed by atoms with van der Waals surface area (Å²) in [5.74, 6) is -2.36. The van der Waals surface area contributed by atoms with Crippen molar-refractivity contribution in [3.05, 3.63) is 33.9 Å². The molecule has 0 unspecified atom stereocenters. The van der Waals surface area contributed by atoms with Gasteiger partial charge in [0.15, 0.2) is 17.3 Å². The fourth-order valence-electron chi connectivity index (χ4n) is 1.29. The monoisotopic (exact) mass is 246 g/mol. The Morgan fingerprint density at radius 3 is 2.76 bits per heavy atom. The summed E-state index contributed by atoms with van der Waals surface area (Å²) in [7, 11) is 1.51. The van der Waals surface area contributed by atoms with E-state index < -0.39 is 27.9 Å². The molecule has 0 aliphatic rings. The maximum Gasteiger partial charge on any atom is 0.295 e. The molecule has 0 spiro atoms. The van der Waals surface area contributed by atoms with Crippen LogP contribution in [0.2, 0.25) is 0 Å². The third-order valence-electron chi connectivity index (χ3n) is 2.10. The summed E-state index contributed by atoms with van der Waals surface area (Å²) in [4.78, 5) is 9.86. The first-order valence-electron chi connectivity index (χ1n) is 4.93. The summed E-state index contributed by atoms with van der Waals surface area (Å²) in [6.45, 7) is 0.687. The average molecular weight is 246 g/mol. The first-order valence-corrected chi connectivity index (χ1v) is 4.93. The molecule has 1 N–H and O–H groups in total. The lowest BCUT2D eigenvalue weighted by Crippen LogP contribution is -2.09. The topological polar surface area (TPSA) is 64.4 Å². The van der Waals surface area contributed by atoms with Crippen LogP contribution < -0.4 is 5.32 Å². The van der Waals surface area contributed by atoms with E-state index in [0.717, 1.165) is 12.1 Å². The average Bonchev–Trinajstić information content (AvgIpc) is 2.29. The van der Waals surface area contributed by atoms with E-state index in [1.807, 2.05) is 0 Å². The number of benzene rings is 1. The Hall–Kier alpha value is -1.76. The van der Waals surface area contributed by atoms with Crippen LogP contribution in [0.1, 0.15) is 6.42 Å².